The van der Waals surface area contributed by atoms with Gasteiger partial charge in [0.2, 0.25) is 0 Å². The summed E-state index contributed by atoms with van der Waals surface area (Å²) in [6.07, 6.45) is 0.0695. The molecular weight excluding hydrogens is 330 g/mol. The molecule has 2 aromatic carbocycles. The molecule has 0 heterocycles. The van der Waals surface area contributed by atoms with Crippen molar-refractivity contribution in [2.45, 2.75) is 26.9 Å². The molecule has 24 heavy (non-hydrogen) atoms. The molecule has 6 heteroatoms. The Morgan fingerprint density at radius 1 is 1.25 bits per heavy atom. The molecule has 2 aromatic rings. The predicted octanol–water partition coefficient (Wildman–Crippen LogP) is 4.75. The van der Waals surface area contributed by atoms with E-state index in [1.54, 1.807) is 12.1 Å². The average Bonchev–Trinajstić information content (AvgIpc) is 2.59. The van der Waals surface area contributed by atoms with Crippen LogP contribution in [0.25, 0.3) is 0 Å². The number of nitrogens with zero attached hydrogens (tertiary/aromatic N) is 1. The van der Waals surface area contributed by atoms with Gasteiger partial charge in [0.25, 0.3) is 0 Å². The molecule has 0 atom stereocenters. The SMILES string of the molecule is CCc1ccc(OCc2cc(Cl)ccc2N(O)C(=O)OC)c(C)c1. The van der Waals surface area contributed by atoms with Crippen molar-refractivity contribution in [2.24, 2.45) is 0 Å². The van der Waals surface area contributed by atoms with Crippen LogP contribution in [0.5, 0.6) is 5.75 Å². The van der Waals surface area contributed by atoms with Crippen molar-refractivity contribution < 1.29 is 19.5 Å². The van der Waals surface area contributed by atoms with E-state index in [1.807, 2.05) is 19.1 Å². The Morgan fingerprint density at radius 3 is 2.62 bits per heavy atom. The van der Waals surface area contributed by atoms with E-state index in [2.05, 4.69) is 17.7 Å². The fourth-order valence-electron chi connectivity index (χ4n) is 2.31. The van der Waals surface area contributed by atoms with Crippen molar-refractivity contribution in [1.29, 1.82) is 0 Å². The van der Waals surface area contributed by atoms with Crippen molar-refractivity contribution in [1.82, 2.24) is 0 Å². The molecule has 0 aliphatic carbocycles. The van der Waals surface area contributed by atoms with Crippen molar-refractivity contribution in [3.05, 3.63) is 58.1 Å². The molecule has 0 spiro atoms. The minimum Gasteiger partial charge on any atom is -0.489 e. The van der Waals surface area contributed by atoms with E-state index >= 15 is 0 Å². The normalized spacial score (nSPS) is 10.4. The smallest absolute Gasteiger partial charge is 0.438 e. The van der Waals surface area contributed by atoms with Crippen LogP contribution in [-0.2, 0) is 17.8 Å². The number of benzene rings is 2. The zero-order chi connectivity index (χ0) is 17.7. The van der Waals surface area contributed by atoms with Gasteiger partial charge >= 0.3 is 6.09 Å². The molecule has 5 nitrogen and oxygen atoms in total. The highest BCUT2D eigenvalue weighted by atomic mass is 35.5. The minimum absolute atomic E-state index is 0.149. The molecule has 0 bridgehead atoms. The van der Waals surface area contributed by atoms with Crippen molar-refractivity contribution in [2.75, 3.05) is 12.2 Å². The fourth-order valence-corrected chi connectivity index (χ4v) is 2.50. The number of ether oxygens (including phenoxy) is 2. The molecule has 128 valence electrons. The highest BCUT2D eigenvalue weighted by molar-refractivity contribution is 6.30. The molecule has 0 aliphatic rings. The number of amides is 1. The van der Waals surface area contributed by atoms with Gasteiger partial charge in [-0.25, -0.2) is 4.79 Å². The van der Waals surface area contributed by atoms with Gasteiger partial charge < -0.3 is 9.47 Å². The maximum Gasteiger partial charge on any atom is 0.438 e. The van der Waals surface area contributed by atoms with Gasteiger partial charge in [0.1, 0.15) is 12.4 Å². The average molecular weight is 350 g/mol. The number of anilines is 1. The number of hydrogen-bond donors (Lipinski definition) is 1. The van der Waals surface area contributed by atoms with Crippen LogP contribution in [0.4, 0.5) is 10.5 Å². The zero-order valence-electron chi connectivity index (χ0n) is 13.9. The summed E-state index contributed by atoms with van der Waals surface area (Å²) in [6.45, 7) is 4.21. The summed E-state index contributed by atoms with van der Waals surface area (Å²) in [5.74, 6) is 0.737. The van der Waals surface area contributed by atoms with Crippen molar-refractivity contribution in [3.8, 4) is 5.75 Å². The van der Waals surface area contributed by atoms with Crippen LogP contribution in [0.3, 0.4) is 0 Å². The Morgan fingerprint density at radius 2 is 2.00 bits per heavy atom. The topological polar surface area (TPSA) is 59.0 Å². The Hall–Kier alpha value is -2.24. The third kappa shape index (κ3) is 4.19. The molecule has 0 aliphatic heterocycles. The molecule has 0 unspecified atom stereocenters. The van der Waals surface area contributed by atoms with Crippen LogP contribution in [0, 0.1) is 6.92 Å². The highest BCUT2D eigenvalue weighted by Crippen LogP contribution is 2.27. The Bertz CT molecular complexity index is 733. The van der Waals surface area contributed by atoms with Crippen molar-refractivity contribution >= 4 is 23.4 Å². The first-order chi connectivity index (χ1) is 11.5. The lowest BCUT2D eigenvalue weighted by Gasteiger charge is -2.18. The lowest BCUT2D eigenvalue weighted by molar-refractivity contribution is 0.140. The van der Waals surface area contributed by atoms with Gasteiger partial charge in [-0.2, -0.15) is 5.06 Å². The molecule has 2 rings (SSSR count). The van der Waals surface area contributed by atoms with Crippen LogP contribution in [-0.4, -0.2) is 18.4 Å². The lowest BCUT2D eigenvalue weighted by Crippen LogP contribution is -2.27. The first kappa shape index (κ1) is 18.1. The van der Waals surface area contributed by atoms with E-state index in [0.717, 1.165) is 17.7 Å². The molecule has 0 aromatic heterocycles. The van der Waals surface area contributed by atoms with Gasteiger partial charge in [-0.05, 0) is 48.7 Å². The minimum atomic E-state index is -0.887. The Kier molecular flexibility index (Phi) is 6.06. The van der Waals surface area contributed by atoms with Gasteiger partial charge in [0.05, 0.1) is 12.8 Å². The number of aryl methyl sites for hydroxylation is 2. The molecule has 0 saturated carbocycles. The van der Waals surface area contributed by atoms with Gasteiger partial charge in [-0.15, -0.1) is 0 Å². The van der Waals surface area contributed by atoms with Gasteiger partial charge in [0.15, 0.2) is 0 Å². The van der Waals surface area contributed by atoms with E-state index in [1.165, 1.54) is 18.7 Å². The second kappa shape index (κ2) is 8.04. The summed E-state index contributed by atoms with van der Waals surface area (Å²) in [5, 5.41) is 10.9. The molecule has 0 radical (unpaired) electrons. The zero-order valence-corrected chi connectivity index (χ0v) is 14.6. The van der Waals surface area contributed by atoms with E-state index in [-0.39, 0.29) is 12.3 Å². The lowest BCUT2D eigenvalue weighted by atomic mass is 10.1. The summed E-state index contributed by atoms with van der Waals surface area (Å²) in [5.41, 5.74) is 3.07. The summed E-state index contributed by atoms with van der Waals surface area (Å²) in [6, 6.07) is 10.7. The van der Waals surface area contributed by atoms with E-state index in [0.29, 0.717) is 15.6 Å². The van der Waals surface area contributed by atoms with Crippen LogP contribution in [0.15, 0.2) is 36.4 Å². The van der Waals surface area contributed by atoms with Gasteiger partial charge in [-0.1, -0.05) is 30.7 Å². The van der Waals surface area contributed by atoms with Crippen LogP contribution < -0.4 is 9.80 Å². The van der Waals surface area contributed by atoms with Crippen LogP contribution in [0.1, 0.15) is 23.6 Å². The molecular formula is C18H20ClNO4. The van der Waals surface area contributed by atoms with E-state index in [4.69, 9.17) is 16.3 Å². The maximum atomic E-state index is 11.5. The van der Waals surface area contributed by atoms with E-state index in [9.17, 15) is 10.0 Å². The number of methoxy groups -OCH3 is 1. The third-order valence-corrected chi connectivity index (χ3v) is 3.88. The summed E-state index contributed by atoms with van der Waals surface area (Å²) >= 11 is 6.02. The quantitative estimate of drug-likeness (QED) is 0.625. The van der Waals surface area contributed by atoms with Gasteiger partial charge in [0, 0.05) is 10.6 Å². The predicted molar refractivity (Wildman–Crippen MR) is 93.0 cm³/mol. The van der Waals surface area contributed by atoms with E-state index < -0.39 is 6.09 Å². The molecule has 0 fully saturated rings. The monoisotopic (exact) mass is 349 g/mol. The number of hydroxylamine groups is 1. The molecule has 1 amide bonds. The first-order valence-electron chi connectivity index (χ1n) is 7.54. The largest absolute Gasteiger partial charge is 0.489 e. The second-order valence-corrected chi connectivity index (χ2v) is 5.73. The molecule has 1 N–H and O–H groups in total. The standard InChI is InChI=1S/C18H20ClNO4/c1-4-13-5-8-17(12(2)9-13)24-11-14-10-15(19)6-7-16(14)20(22)18(21)23-3/h5-10,22H,4,11H2,1-3H3. The number of halogens is 1. The van der Waals surface area contributed by atoms with Gasteiger partial charge in [-0.3, -0.25) is 5.21 Å². The highest BCUT2D eigenvalue weighted by Gasteiger charge is 2.18. The van der Waals surface area contributed by atoms with Crippen molar-refractivity contribution in [3.63, 3.8) is 0 Å². The van der Waals surface area contributed by atoms with Crippen LogP contribution in [0.2, 0.25) is 5.02 Å². The number of hydrogen-bond acceptors (Lipinski definition) is 4. The number of carbonyl (C=O) groups excluding carboxylic acids is 1. The summed E-state index contributed by atoms with van der Waals surface area (Å²) in [7, 11) is 1.19. The summed E-state index contributed by atoms with van der Waals surface area (Å²) in [4.78, 5) is 11.5. The first-order valence-corrected chi connectivity index (χ1v) is 7.91. The fraction of sp³-hybridized carbons (Fsp3) is 0.278. The second-order valence-electron chi connectivity index (χ2n) is 5.30. The Balaban J connectivity index is 2.23. The Labute approximate surface area is 146 Å². The third-order valence-electron chi connectivity index (χ3n) is 3.65. The number of rotatable bonds is 5. The molecule has 0 saturated heterocycles. The summed E-state index contributed by atoms with van der Waals surface area (Å²) < 4.78 is 10.4. The maximum absolute atomic E-state index is 11.5. The number of carbonyl (C=O) groups is 1. The van der Waals surface area contributed by atoms with Crippen LogP contribution >= 0.6 is 11.6 Å².